The Morgan fingerprint density at radius 2 is 1.28 bits per heavy atom. The van der Waals surface area contributed by atoms with Crippen LogP contribution in [0.25, 0.3) is 0 Å². The predicted octanol–water partition coefficient (Wildman–Crippen LogP) is 4.72. The Morgan fingerprint density at radius 1 is 0.778 bits per heavy atom. The average molecular weight is 488 g/mol. The van der Waals surface area contributed by atoms with Gasteiger partial charge in [0.2, 0.25) is 0 Å². The van der Waals surface area contributed by atoms with E-state index < -0.39 is 6.10 Å². The lowest BCUT2D eigenvalue weighted by molar-refractivity contribution is -0.197. The van der Waals surface area contributed by atoms with Crippen molar-refractivity contribution in [3.63, 3.8) is 0 Å². The first-order valence-corrected chi connectivity index (χ1v) is 12.6. The predicted molar refractivity (Wildman–Crippen MR) is 136 cm³/mol. The number of rotatable bonds is 11. The van der Waals surface area contributed by atoms with E-state index in [0.717, 1.165) is 16.7 Å². The van der Waals surface area contributed by atoms with E-state index in [0.29, 0.717) is 32.8 Å². The Kier molecular flexibility index (Phi) is 8.21. The van der Waals surface area contributed by atoms with E-state index in [1.54, 1.807) is 6.92 Å². The minimum atomic E-state index is -0.468. The number of nitrogens with zero attached hydrogens (tertiary/aromatic N) is 1. The van der Waals surface area contributed by atoms with Gasteiger partial charge in [0, 0.05) is 6.42 Å². The maximum Gasteiger partial charge on any atom is 0.160 e. The van der Waals surface area contributed by atoms with E-state index in [2.05, 4.69) is 24.3 Å². The summed E-state index contributed by atoms with van der Waals surface area (Å²) >= 11 is 0. The SMILES string of the molecule is CC(=O)[C@H]1C[C@@H]2[C@H](OCc3ccccc3)[C@H](OCc3ccccc3)[C@@H](COCc3ccccc3)N2O1. The van der Waals surface area contributed by atoms with Gasteiger partial charge in [-0.3, -0.25) is 9.63 Å². The third kappa shape index (κ3) is 5.91. The van der Waals surface area contributed by atoms with Crippen molar-refractivity contribution in [1.29, 1.82) is 0 Å². The fourth-order valence-electron chi connectivity index (χ4n) is 5.00. The quantitative estimate of drug-likeness (QED) is 0.390. The molecule has 5 atom stereocenters. The van der Waals surface area contributed by atoms with E-state index >= 15 is 0 Å². The van der Waals surface area contributed by atoms with Gasteiger partial charge in [0.15, 0.2) is 5.78 Å². The molecular weight excluding hydrogens is 454 g/mol. The Labute approximate surface area is 212 Å². The van der Waals surface area contributed by atoms with E-state index in [9.17, 15) is 4.79 Å². The van der Waals surface area contributed by atoms with Gasteiger partial charge in [-0.15, -0.1) is 0 Å². The van der Waals surface area contributed by atoms with Crippen molar-refractivity contribution in [3.8, 4) is 0 Å². The summed E-state index contributed by atoms with van der Waals surface area (Å²) in [6, 6.07) is 30.0. The van der Waals surface area contributed by atoms with Crippen molar-refractivity contribution < 1.29 is 23.8 Å². The smallest absolute Gasteiger partial charge is 0.160 e. The lowest BCUT2D eigenvalue weighted by Gasteiger charge is -2.28. The third-order valence-electron chi connectivity index (χ3n) is 6.86. The number of benzene rings is 3. The molecule has 36 heavy (non-hydrogen) atoms. The summed E-state index contributed by atoms with van der Waals surface area (Å²) in [5, 5.41) is 1.92. The largest absolute Gasteiger partial charge is 0.375 e. The van der Waals surface area contributed by atoms with Crippen molar-refractivity contribution in [2.75, 3.05) is 6.61 Å². The van der Waals surface area contributed by atoms with Gasteiger partial charge >= 0.3 is 0 Å². The van der Waals surface area contributed by atoms with Gasteiger partial charge in [0.05, 0.1) is 38.5 Å². The molecule has 0 saturated carbocycles. The highest BCUT2D eigenvalue weighted by molar-refractivity contribution is 5.80. The number of ketones is 1. The summed E-state index contributed by atoms with van der Waals surface area (Å²) in [6.07, 6.45) is -0.425. The Morgan fingerprint density at radius 3 is 1.81 bits per heavy atom. The number of carbonyl (C=O) groups excluding carboxylic acids is 1. The number of carbonyl (C=O) groups is 1. The van der Waals surface area contributed by atoms with Crippen LogP contribution in [-0.2, 0) is 43.7 Å². The van der Waals surface area contributed by atoms with Crippen LogP contribution in [0.4, 0.5) is 0 Å². The normalized spacial score (nSPS) is 25.6. The molecule has 0 aromatic heterocycles. The molecule has 2 aliphatic heterocycles. The Hall–Kier alpha value is -2.87. The second kappa shape index (κ2) is 11.9. The molecule has 2 aliphatic rings. The lowest BCUT2D eigenvalue weighted by atomic mass is 10.0. The highest BCUT2D eigenvalue weighted by Crippen LogP contribution is 2.39. The molecule has 0 bridgehead atoms. The zero-order valence-electron chi connectivity index (χ0n) is 20.6. The van der Waals surface area contributed by atoms with E-state index in [-0.39, 0.29) is 30.1 Å². The molecule has 188 valence electrons. The minimum absolute atomic E-state index is 0.0249. The van der Waals surface area contributed by atoms with Crippen molar-refractivity contribution in [2.45, 2.75) is 63.6 Å². The highest BCUT2D eigenvalue weighted by atomic mass is 16.7. The number of hydrogen-bond acceptors (Lipinski definition) is 6. The molecule has 2 heterocycles. The second-order valence-electron chi connectivity index (χ2n) is 9.46. The Bertz CT molecular complexity index is 1090. The highest BCUT2D eigenvalue weighted by Gasteiger charge is 2.56. The van der Waals surface area contributed by atoms with Crippen LogP contribution in [0.5, 0.6) is 0 Å². The van der Waals surface area contributed by atoms with Gasteiger partial charge in [-0.25, -0.2) is 0 Å². The molecule has 0 radical (unpaired) electrons. The topological polar surface area (TPSA) is 57.2 Å². The molecule has 6 heteroatoms. The van der Waals surface area contributed by atoms with Crippen LogP contribution >= 0.6 is 0 Å². The van der Waals surface area contributed by atoms with Crippen LogP contribution in [-0.4, -0.2) is 47.8 Å². The average Bonchev–Trinajstić information content (AvgIpc) is 3.46. The maximum atomic E-state index is 12.2. The van der Waals surface area contributed by atoms with Crippen molar-refractivity contribution in [2.24, 2.45) is 0 Å². The molecular formula is C30H33NO5. The fourth-order valence-corrected chi connectivity index (χ4v) is 5.00. The molecule has 0 spiro atoms. The number of hydrogen-bond donors (Lipinski definition) is 0. The number of fused-ring (bicyclic) bond motifs is 1. The molecule has 6 nitrogen and oxygen atoms in total. The molecule has 2 fully saturated rings. The fraction of sp³-hybridized carbons (Fsp3) is 0.367. The first kappa shape index (κ1) is 24.8. The van der Waals surface area contributed by atoms with Crippen molar-refractivity contribution >= 4 is 5.78 Å². The van der Waals surface area contributed by atoms with Gasteiger partial charge in [0.1, 0.15) is 18.3 Å². The van der Waals surface area contributed by atoms with Gasteiger partial charge in [-0.1, -0.05) is 91.0 Å². The van der Waals surface area contributed by atoms with Gasteiger partial charge < -0.3 is 14.2 Å². The second-order valence-corrected chi connectivity index (χ2v) is 9.46. The summed E-state index contributed by atoms with van der Waals surface area (Å²) < 4.78 is 19.2. The van der Waals surface area contributed by atoms with Crippen LogP contribution < -0.4 is 0 Å². The zero-order chi connectivity index (χ0) is 24.7. The number of ether oxygens (including phenoxy) is 3. The summed E-state index contributed by atoms with van der Waals surface area (Å²) in [5.41, 5.74) is 3.30. The zero-order valence-corrected chi connectivity index (χ0v) is 20.6. The lowest BCUT2D eigenvalue weighted by Crippen LogP contribution is -2.42. The first-order chi connectivity index (χ1) is 17.7. The van der Waals surface area contributed by atoms with Crippen molar-refractivity contribution in [1.82, 2.24) is 5.06 Å². The maximum absolute atomic E-state index is 12.2. The van der Waals surface area contributed by atoms with Gasteiger partial charge in [0.25, 0.3) is 0 Å². The molecule has 3 aromatic rings. The molecule has 2 saturated heterocycles. The van der Waals surface area contributed by atoms with Crippen LogP contribution in [0, 0.1) is 0 Å². The summed E-state index contributed by atoms with van der Waals surface area (Å²) in [6.45, 7) is 3.40. The van der Waals surface area contributed by atoms with Crippen molar-refractivity contribution in [3.05, 3.63) is 108 Å². The van der Waals surface area contributed by atoms with E-state index in [1.807, 2.05) is 71.8 Å². The molecule has 0 N–H and O–H groups in total. The minimum Gasteiger partial charge on any atom is -0.375 e. The van der Waals surface area contributed by atoms with Gasteiger partial charge in [-0.05, 0) is 23.6 Å². The molecule has 5 rings (SSSR count). The van der Waals surface area contributed by atoms with E-state index in [1.165, 1.54) is 0 Å². The summed E-state index contributed by atoms with van der Waals surface area (Å²) in [4.78, 5) is 18.4. The number of hydroxylamine groups is 2. The van der Waals surface area contributed by atoms with E-state index in [4.69, 9.17) is 19.0 Å². The third-order valence-corrected chi connectivity index (χ3v) is 6.86. The molecule has 0 amide bonds. The van der Waals surface area contributed by atoms with Crippen LogP contribution in [0.15, 0.2) is 91.0 Å². The first-order valence-electron chi connectivity index (χ1n) is 12.6. The summed E-state index contributed by atoms with van der Waals surface area (Å²) in [5.74, 6) is 0.0249. The van der Waals surface area contributed by atoms with Crippen LogP contribution in [0.1, 0.15) is 30.0 Å². The molecule has 0 aliphatic carbocycles. The van der Waals surface area contributed by atoms with Gasteiger partial charge in [-0.2, -0.15) is 5.06 Å². The monoisotopic (exact) mass is 487 g/mol. The van der Waals surface area contributed by atoms with Crippen LogP contribution in [0.3, 0.4) is 0 Å². The number of Topliss-reactive ketones (excluding diaryl/α,β-unsaturated/α-hetero) is 1. The molecule has 3 aromatic carbocycles. The van der Waals surface area contributed by atoms with Crippen LogP contribution in [0.2, 0.25) is 0 Å². The summed E-state index contributed by atoms with van der Waals surface area (Å²) in [7, 11) is 0. The molecule has 0 unspecified atom stereocenters. The Balaban J connectivity index is 1.35. The standard InChI is InChI=1S/C30H33NO5/c1-22(32)28-17-26-29(34-19-24-13-7-3-8-14-24)30(35-20-25-15-9-4-10-16-25)27(31(26)36-28)21-33-18-23-11-5-2-6-12-23/h2-16,26-30H,17-21H2,1H3/t26-,27-,28-,29+,30-/m1/s1.